The lowest BCUT2D eigenvalue weighted by atomic mass is 10.0. The fourth-order valence-electron chi connectivity index (χ4n) is 3.89. The second-order valence-electron chi connectivity index (χ2n) is 7.35. The molecule has 150 valence electrons. The number of halogens is 1. The molecule has 1 saturated heterocycles. The average molecular weight is 508 g/mol. The topological polar surface area (TPSA) is 58.0 Å². The van der Waals surface area contributed by atoms with Gasteiger partial charge in [-0.1, -0.05) is 54.6 Å². The lowest BCUT2D eigenvalue weighted by Crippen LogP contribution is -2.47. The minimum atomic E-state index is 0.784. The first-order valence-corrected chi connectivity index (χ1v) is 11.1. The third kappa shape index (κ3) is 3.94. The highest BCUT2D eigenvalue weighted by molar-refractivity contribution is 14.1. The van der Waals surface area contributed by atoms with Gasteiger partial charge in [-0.25, -0.2) is 9.97 Å². The quantitative estimate of drug-likeness (QED) is 0.390. The Morgan fingerprint density at radius 3 is 2.10 bits per heavy atom. The number of anilines is 2. The van der Waals surface area contributed by atoms with E-state index in [2.05, 4.69) is 101 Å². The lowest BCUT2D eigenvalue weighted by molar-refractivity contribution is 0.632. The molecule has 0 unspecified atom stereocenters. The zero-order valence-corrected chi connectivity index (χ0v) is 18.6. The molecule has 1 aliphatic heterocycles. The maximum absolute atomic E-state index is 4.66. The molecule has 7 heteroatoms. The Morgan fingerprint density at radius 1 is 0.733 bits per heavy atom. The van der Waals surface area contributed by atoms with Crippen molar-refractivity contribution >= 4 is 45.1 Å². The summed E-state index contributed by atoms with van der Waals surface area (Å²) in [5.74, 6) is 1.76. The summed E-state index contributed by atoms with van der Waals surface area (Å²) in [6.45, 7) is 3.46. The Balaban J connectivity index is 1.39. The Morgan fingerprint density at radius 2 is 1.37 bits per heavy atom. The van der Waals surface area contributed by atoms with Crippen LogP contribution >= 0.6 is 22.6 Å². The molecule has 0 atom stereocenters. The van der Waals surface area contributed by atoms with Crippen LogP contribution in [-0.4, -0.2) is 46.3 Å². The van der Waals surface area contributed by atoms with Crippen LogP contribution in [-0.2, 0) is 6.42 Å². The van der Waals surface area contributed by atoms with Crippen molar-refractivity contribution in [3.8, 4) is 0 Å². The fraction of sp³-hybridized carbons (Fsp3) is 0.217. The van der Waals surface area contributed by atoms with E-state index < -0.39 is 0 Å². The molecule has 0 saturated carbocycles. The van der Waals surface area contributed by atoms with Gasteiger partial charge in [0.05, 0.1) is 5.69 Å². The SMILES string of the molecule is Ic1cnc(N2CCN(c3nnc(Cc4ccccc4)c4ccccc34)CC2)nc1. The van der Waals surface area contributed by atoms with Gasteiger partial charge in [0, 0.05) is 59.3 Å². The second kappa shape index (κ2) is 8.51. The van der Waals surface area contributed by atoms with Crippen LogP contribution in [0.4, 0.5) is 11.8 Å². The van der Waals surface area contributed by atoms with Gasteiger partial charge in [0.2, 0.25) is 5.95 Å². The first kappa shape index (κ1) is 19.2. The van der Waals surface area contributed by atoms with Crippen LogP contribution in [0.2, 0.25) is 0 Å². The molecule has 5 rings (SSSR count). The van der Waals surface area contributed by atoms with Gasteiger partial charge in [0.1, 0.15) is 0 Å². The molecule has 2 aromatic carbocycles. The Hall–Kier alpha value is -2.81. The number of hydrogen-bond acceptors (Lipinski definition) is 6. The van der Waals surface area contributed by atoms with Crippen molar-refractivity contribution in [2.24, 2.45) is 0 Å². The molecule has 30 heavy (non-hydrogen) atoms. The van der Waals surface area contributed by atoms with E-state index >= 15 is 0 Å². The van der Waals surface area contributed by atoms with Crippen LogP contribution in [0.15, 0.2) is 67.0 Å². The monoisotopic (exact) mass is 508 g/mol. The van der Waals surface area contributed by atoms with E-state index in [0.717, 1.165) is 59.0 Å². The van der Waals surface area contributed by atoms with Gasteiger partial charge >= 0.3 is 0 Å². The molecule has 0 spiro atoms. The summed E-state index contributed by atoms with van der Waals surface area (Å²) in [5.41, 5.74) is 2.27. The van der Waals surface area contributed by atoms with Crippen molar-refractivity contribution in [3.05, 3.63) is 81.8 Å². The van der Waals surface area contributed by atoms with E-state index in [9.17, 15) is 0 Å². The predicted octanol–water partition coefficient (Wildman–Crippen LogP) is 3.94. The summed E-state index contributed by atoms with van der Waals surface area (Å²) in [5, 5.41) is 11.6. The van der Waals surface area contributed by atoms with Crippen LogP contribution in [0, 0.1) is 3.57 Å². The molecule has 3 heterocycles. The first-order valence-electron chi connectivity index (χ1n) is 10.0. The van der Waals surface area contributed by atoms with E-state index in [1.54, 1.807) is 0 Å². The third-order valence-electron chi connectivity index (χ3n) is 5.43. The number of hydrogen-bond donors (Lipinski definition) is 0. The highest BCUT2D eigenvalue weighted by Crippen LogP contribution is 2.28. The summed E-state index contributed by atoms with van der Waals surface area (Å²) < 4.78 is 1.05. The van der Waals surface area contributed by atoms with E-state index in [0.29, 0.717) is 0 Å². The van der Waals surface area contributed by atoms with Gasteiger partial charge < -0.3 is 9.80 Å². The van der Waals surface area contributed by atoms with Gasteiger partial charge in [0.25, 0.3) is 0 Å². The summed E-state index contributed by atoms with van der Waals surface area (Å²) in [6, 6.07) is 18.9. The highest BCUT2D eigenvalue weighted by atomic mass is 127. The Labute approximate surface area is 189 Å². The normalized spacial score (nSPS) is 14.3. The largest absolute Gasteiger partial charge is 0.351 e. The van der Waals surface area contributed by atoms with Crippen molar-refractivity contribution < 1.29 is 0 Å². The summed E-state index contributed by atoms with van der Waals surface area (Å²) in [7, 11) is 0. The molecule has 0 bridgehead atoms. The molecule has 6 nitrogen and oxygen atoms in total. The van der Waals surface area contributed by atoms with E-state index in [-0.39, 0.29) is 0 Å². The maximum atomic E-state index is 4.66. The number of piperazine rings is 1. The molecule has 1 fully saturated rings. The molecule has 0 N–H and O–H groups in total. The van der Waals surface area contributed by atoms with Gasteiger partial charge in [-0.3, -0.25) is 0 Å². The van der Waals surface area contributed by atoms with Crippen molar-refractivity contribution in [1.82, 2.24) is 20.2 Å². The standard InChI is InChI=1S/C23H21IN6/c24-18-15-25-23(26-16-18)30-12-10-29(11-13-30)22-20-9-5-4-8-19(20)21(27-28-22)14-17-6-2-1-3-7-17/h1-9,15-16H,10-14H2. The number of fused-ring (bicyclic) bond motifs is 1. The second-order valence-corrected chi connectivity index (χ2v) is 8.60. The summed E-state index contributed by atoms with van der Waals surface area (Å²) >= 11 is 2.23. The molecular weight excluding hydrogens is 487 g/mol. The minimum absolute atomic E-state index is 0.784. The smallest absolute Gasteiger partial charge is 0.225 e. The van der Waals surface area contributed by atoms with Gasteiger partial charge in [-0.05, 0) is 28.2 Å². The predicted molar refractivity (Wildman–Crippen MR) is 128 cm³/mol. The van der Waals surface area contributed by atoms with Crippen LogP contribution in [0.5, 0.6) is 0 Å². The zero-order chi connectivity index (χ0) is 20.3. The van der Waals surface area contributed by atoms with Crippen molar-refractivity contribution in [3.63, 3.8) is 0 Å². The van der Waals surface area contributed by atoms with Crippen LogP contribution in [0.3, 0.4) is 0 Å². The van der Waals surface area contributed by atoms with Crippen LogP contribution in [0.1, 0.15) is 11.3 Å². The molecule has 0 radical (unpaired) electrons. The van der Waals surface area contributed by atoms with Crippen LogP contribution in [0.25, 0.3) is 10.8 Å². The van der Waals surface area contributed by atoms with Crippen molar-refractivity contribution in [2.75, 3.05) is 36.0 Å². The first-order chi connectivity index (χ1) is 14.8. The fourth-order valence-corrected chi connectivity index (χ4v) is 4.16. The van der Waals surface area contributed by atoms with E-state index in [1.165, 1.54) is 10.9 Å². The molecule has 0 amide bonds. The number of nitrogens with zero attached hydrogens (tertiary/aromatic N) is 6. The molecule has 2 aromatic heterocycles. The average Bonchev–Trinajstić information content (AvgIpc) is 2.81. The summed E-state index contributed by atoms with van der Waals surface area (Å²) in [6.07, 6.45) is 4.51. The Bertz CT molecular complexity index is 1140. The lowest BCUT2D eigenvalue weighted by Gasteiger charge is -2.35. The van der Waals surface area contributed by atoms with Crippen molar-refractivity contribution in [1.29, 1.82) is 0 Å². The molecule has 1 aliphatic rings. The summed E-state index contributed by atoms with van der Waals surface area (Å²) in [4.78, 5) is 13.5. The molecular formula is C23H21IN6. The number of rotatable bonds is 4. The van der Waals surface area contributed by atoms with Gasteiger partial charge in [0.15, 0.2) is 5.82 Å². The van der Waals surface area contributed by atoms with Crippen LogP contribution < -0.4 is 9.80 Å². The molecule has 0 aliphatic carbocycles. The minimum Gasteiger partial charge on any atom is -0.351 e. The number of benzene rings is 2. The van der Waals surface area contributed by atoms with E-state index in [4.69, 9.17) is 0 Å². The van der Waals surface area contributed by atoms with E-state index in [1.807, 2.05) is 18.5 Å². The maximum Gasteiger partial charge on any atom is 0.225 e. The Kier molecular flexibility index (Phi) is 5.44. The van der Waals surface area contributed by atoms with Gasteiger partial charge in [-0.2, -0.15) is 5.10 Å². The number of aromatic nitrogens is 4. The van der Waals surface area contributed by atoms with Gasteiger partial charge in [-0.15, -0.1) is 5.10 Å². The highest BCUT2D eigenvalue weighted by Gasteiger charge is 2.22. The zero-order valence-electron chi connectivity index (χ0n) is 16.4. The molecule has 4 aromatic rings. The van der Waals surface area contributed by atoms with Crippen molar-refractivity contribution in [2.45, 2.75) is 6.42 Å². The third-order valence-corrected chi connectivity index (χ3v) is 5.98.